The van der Waals surface area contributed by atoms with E-state index >= 15 is 0 Å². The summed E-state index contributed by atoms with van der Waals surface area (Å²) in [5.74, 6) is -0.0279. The zero-order valence-corrected chi connectivity index (χ0v) is 13.5. The highest BCUT2D eigenvalue weighted by Crippen LogP contribution is 2.33. The third-order valence-corrected chi connectivity index (χ3v) is 4.71. The minimum atomic E-state index is -0.0279. The van der Waals surface area contributed by atoms with Gasteiger partial charge in [-0.15, -0.1) is 11.3 Å². The Balaban J connectivity index is 1.71. The van der Waals surface area contributed by atoms with Crippen LogP contribution >= 0.6 is 11.3 Å². The van der Waals surface area contributed by atoms with Crippen LogP contribution in [0.15, 0.2) is 30.0 Å². The molecule has 5 nitrogen and oxygen atoms in total. The van der Waals surface area contributed by atoms with Crippen LogP contribution in [0.5, 0.6) is 0 Å². The predicted octanol–water partition coefficient (Wildman–Crippen LogP) is 2.51. The molecule has 1 aliphatic rings. The lowest BCUT2D eigenvalue weighted by Gasteiger charge is -2.24. The highest BCUT2D eigenvalue weighted by Gasteiger charge is 2.26. The van der Waals surface area contributed by atoms with Crippen LogP contribution in [0, 0.1) is 0 Å². The van der Waals surface area contributed by atoms with Crippen LogP contribution < -0.4 is 5.32 Å². The Kier molecular flexibility index (Phi) is 4.80. The largest absolute Gasteiger partial charge is 0.351 e. The van der Waals surface area contributed by atoms with Gasteiger partial charge in [-0.2, -0.15) is 0 Å². The van der Waals surface area contributed by atoms with Gasteiger partial charge in [0, 0.05) is 36.8 Å². The van der Waals surface area contributed by atoms with Crippen molar-refractivity contribution in [2.24, 2.45) is 0 Å². The zero-order chi connectivity index (χ0) is 15.4. The Bertz CT molecular complexity index is 629. The minimum Gasteiger partial charge on any atom is -0.351 e. The number of rotatable bonds is 5. The first-order valence-electron chi connectivity index (χ1n) is 7.53. The molecule has 0 saturated carbocycles. The van der Waals surface area contributed by atoms with Gasteiger partial charge >= 0.3 is 0 Å². The van der Waals surface area contributed by atoms with Gasteiger partial charge in [0.1, 0.15) is 0 Å². The van der Waals surface area contributed by atoms with E-state index < -0.39 is 0 Å². The number of hydrogen-bond acceptors (Lipinski definition) is 5. The first-order valence-corrected chi connectivity index (χ1v) is 8.41. The third-order valence-electron chi connectivity index (χ3n) is 3.95. The SMILES string of the molecule is CC(=O)NCc1cc(C2CCCN2Cc2cncs2)ccn1. The molecule has 0 aromatic carbocycles. The van der Waals surface area contributed by atoms with Gasteiger partial charge in [-0.1, -0.05) is 0 Å². The van der Waals surface area contributed by atoms with E-state index in [1.54, 1.807) is 11.3 Å². The van der Waals surface area contributed by atoms with E-state index in [1.807, 2.05) is 17.9 Å². The molecule has 1 N–H and O–H groups in total. The molecule has 1 unspecified atom stereocenters. The number of nitrogens with one attached hydrogen (secondary N) is 1. The van der Waals surface area contributed by atoms with E-state index in [2.05, 4.69) is 32.3 Å². The summed E-state index contributed by atoms with van der Waals surface area (Å²) in [5.41, 5.74) is 4.09. The van der Waals surface area contributed by atoms with E-state index in [9.17, 15) is 4.79 Å². The van der Waals surface area contributed by atoms with E-state index in [-0.39, 0.29) is 5.91 Å². The number of carbonyl (C=O) groups is 1. The van der Waals surface area contributed by atoms with E-state index in [1.165, 1.54) is 30.2 Å². The van der Waals surface area contributed by atoms with Crippen LogP contribution in [0.25, 0.3) is 0 Å². The second-order valence-electron chi connectivity index (χ2n) is 5.59. The average molecular weight is 316 g/mol. The molecule has 1 fully saturated rings. The lowest BCUT2D eigenvalue weighted by Crippen LogP contribution is -2.23. The molecule has 3 heterocycles. The molecule has 0 aliphatic carbocycles. The summed E-state index contributed by atoms with van der Waals surface area (Å²) >= 11 is 1.71. The van der Waals surface area contributed by atoms with Crippen molar-refractivity contribution in [2.45, 2.75) is 38.9 Å². The van der Waals surface area contributed by atoms with Crippen LogP contribution in [0.1, 0.15) is 41.9 Å². The topological polar surface area (TPSA) is 58.1 Å². The predicted molar refractivity (Wildman–Crippen MR) is 86.3 cm³/mol. The summed E-state index contributed by atoms with van der Waals surface area (Å²) in [6.07, 6.45) is 6.18. The second kappa shape index (κ2) is 6.98. The van der Waals surface area contributed by atoms with Crippen LogP contribution in [0.2, 0.25) is 0 Å². The molecule has 6 heteroatoms. The van der Waals surface area contributed by atoms with Gasteiger partial charge in [0.25, 0.3) is 0 Å². The Morgan fingerprint density at radius 3 is 3.23 bits per heavy atom. The lowest BCUT2D eigenvalue weighted by atomic mass is 10.0. The van der Waals surface area contributed by atoms with Crippen molar-refractivity contribution in [3.05, 3.63) is 46.2 Å². The smallest absolute Gasteiger partial charge is 0.217 e. The first kappa shape index (κ1) is 15.1. The number of hydrogen-bond donors (Lipinski definition) is 1. The quantitative estimate of drug-likeness (QED) is 0.921. The molecule has 0 radical (unpaired) electrons. The molecule has 0 spiro atoms. The summed E-state index contributed by atoms with van der Waals surface area (Å²) in [4.78, 5) is 23.3. The van der Waals surface area contributed by atoms with Crippen molar-refractivity contribution in [1.82, 2.24) is 20.2 Å². The number of likely N-dealkylation sites (tertiary alicyclic amines) is 1. The molecule has 116 valence electrons. The van der Waals surface area contributed by atoms with Crippen molar-refractivity contribution in [2.75, 3.05) is 6.54 Å². The Labute approximate surface area is 134 Å². The molecule has 2 aromatic rings. The summed E-state index contributed by atoms with van der Waals surface area (Å²) < 4.78 is 0. The van der Waals surface area contributed by atoms with E-state index in [4.69, 9.17) is 0 Å². The van der Waals surface area contributed by atoms with Gasteiger partial charge in [0.2, 0.25) is 5.91 Å². The third kappa shape index (κ3) is 3.69. The molecular weight excluding hydrogens is 296 g/mol. The fourth-order valence-corrected chi connectivity index (χ4v) is 3.55. The van der Waals surface area contributed by atoms with Crippen molar-refractivity contribution in [3.63, 3.8) is 0 Å². The normalized spacial score (nSPS) is 18.5. The first-order chi connectivity index (χ1) is 10.7. The van der Waals surface area contributed by atoms with Gasteiger partial charge < -0.3 is 5.32 Å². The molecule has 22 heavy (non-hydrogen) atoms. The summed E-state index contributed by atoms with van der Waals surface area (Å²) in [6, 6.07) is 4.64. The standard InChI is InChI=1S/C16H20N4OS/c1-12(21)19-8-14-7-13(4-5-18-14)16-3-2-6-20(16)10-15-9-17-11-22-15/h4-5,7,9,11,16H,2-3,6,8,10H2,1H3,(H,19,21). The molecule has 0 bridgehead atoms. The van der Waals surface area contributed by atoms with Crippen LogP contribution in [-0.2, 0) is 17.9 Å². The fourth-order valence-electron chi connectivity index (χ4n) is 2.93. The number of nitrogens with zero attached hydrogens (tertiary/aromatic N) is 3. The number of amides is 1. The maximum absolute atomic E-state index is 11.0. The molecule has 1 atom stereocenters. The van der Waals surface area contributed by atoms with Crippen molar-refractivity contribution >= 4 is 17.2 Å². The molecular formula is C16H20N4OS. The number of carbonyl (C=O) groups excluding carboxylic acids is 1. The van der Waals surface area contributed by atoms with E-state index in [0.29, 0.717) is 12.6 Å². The van der Waals surface area contributed by atoms with Crippen molar-refractivity contribution < 1.29 is 4.79 Å². The Morgan fingerprint density at radius 1 is 1.55 bits per heavy atom. The highest BCUT2D eigenvalue weighted by atomic mass is 32.1. The van der Waals surface area contributed by atoms with Crippen molar-refractivity contribution in [1.29, 1.82) is 0 Å². The Morgan fingerprint density at radius 2 is 2.45 bits per heavy atom. The highest BCUT2D eigenvalue weighted by molar-refractivity contribution is 7.09. The van der Waals surface area contributed by atoms with Crippen LogP contribution in [0.3, 0.4) is 0 Å². The van der Waals surface area contributed by atoms with Gasteiger partial charge in [0.05, 0.1) is 17.7 Å². The fraction of sp³-hybridized carbons (Fsp3) is 0.438. The number of pyridine rings is 1. The minimum absolute atomic E-state index is 0.0279. The van der Waals surface area contributed by atoms with Crippen LogP contribution in [0.4, 0.5) is 0 Å². The molecule has 1 saturated heterocycles. The average Bonchev–Trinajstić information content (AvgIpc) is 3.18. The lowest BCUT2D eigenvalue weighted by molar-refractivity contribution is -0.119. The zero-order valence-electron chi connectivity index (χ0n) is 12.7. The maximum Gasteiger partial charge on any atom is 0.217 e. The summed E-state index contributed by atoms with van der Waals surface area (Å²) in [7, 11) is 0. The monoisotopic (exact) mass is 316 g/mol. The molecule has 2 aromatic heterocycles. The summed E-state index contributed by atoms with van der Waals surface area (Å²) in [5, 5.41) is 2.81. The molecule has 1 aliphatic heterocycles. The second-order valence-corrected chi connectivity index (χ2v) is 6.56. The van der Waals surface area contributed by atoms with Crippen molar-refractivity contribution in [3.8, 4) is 0 Å². The Hall–Kier alpha value is -1.79. The molecule has 3 rings (SSSR count). The van der Waals surface area contributed by atoms with Crippen LogP contribution in [-0.4, -0.2) is 27.3 Å². The maximum atomic E-state index is 11.0. The van der Waals surface area contributed by atoms with Gasteiger partial charge in [-0.3, -0.25) is 19.7 Å². The van der Waals surface area contributed by atoms with Gasteiger partial charge in [-0.05, 0) is 37.1 Å². The van der Waals surface area contributed by atoms with Gasteiger partial charge in [-0.25, -0.2) is 0 Å². The van der Waals surface area contributed by atoms with Gasteiger partial charge in [0.15, 0.2) is 0 Å². The number of aromatic nitrogens is 2. The summed E-state index contributed by atoms with van der Waals surface area (Å²) in [6.45, 7) is 4.09. The van der Waals surface area contributed by atoms with E-state index in [0.717, 1.165) is 18.8 Å². The molecule has 1 amide bonds. The number of thiazole rings is 1.